The fourth-order valence-corrected chi connectivity index (χ4v) is 3.50. The molecule has 3 nitrogen and oxygen atoms in total. The normalized spacial score (nSPS) is 13.9. The zero-order valence-corrected chi connectivity index (χ0v) is 11.8. The molecule has 0 aliphatic rings. The summed E-state index contributed by atoms with van der Waals surface area (Å²) < 4.78 is 24.2. The summed E-state index contributed by atoms with van der Waals surface area (Å²) in [5, 5.41) is 0.0544. The lowest BCUT2D eigenvalue weighted by molar-refractivity contribution is 0.545. The Balaban J connectivity index is 3.02. The molecule has 1 atom stereocenters. The number of hydrogen-bond acceptors (Lipinski definition) is 3. The summed E-state index contributed by atoms with van der Waals surface area (Å²) in [4.78, 5) is 0. The van der Waals surface area contributed by atoms with Gasteiger partial charge >= 0.3 is 0 Å². The predicted octanol–water partition coefficient (Wildman–Crippen LogP) is 2.88. The highest BCUT2D eigenvalue weighted by atomic mass is 35.5. The lowest BCUT2D eigenvalue weighted by Crippen LogP contribution is -2.25. The number of anilines is 1. The van der Waals surface area contributed by atoms with Crippen molar-refractivity contribution in [1.82, 2.24) is 0 Å². The molecule has 96 valence electrons. The smallest absolute Gasteiger partial charge is 0.157 e. The lowest BCUT2D eigenvalue weighted by atomic mass is 10.2. The van der Waals surface area contributed by atoms with E-state index in [2.05, 4.69) is 0 Å². The van der Waals surface area contributed by atoms with Crippen LogP contribution in [0.2, 0.25) is 5.02 Å². The molecule has 1 unspecified atom stereocenters. The first-order valence-corrected chi connectivity index (χ1v) is 7.59. The van der Waals surface area contributed by atoms with Crippen molar-refractivity contribution in [2.45, 2.75) is 31.8 Å². The van der Waals surface area contributed by atoms with Gasteiger partial charge in [-0.15, -0.1) is 0 Å². The number of sulfone groups is 1. The van der Waals surface area contributed by atoms with Crippen molar-refractivity contribution in [3.05, 3.63) is 28.8 Å². The van der Waals surface area contributed by atoms with E-state index in [1.807, 2.05) is 13.8 Å². The van der Waals surface area contributed by atoms with Gasteiger partial charge in [0.15, 0.2) is 9.84 Å². The van der Waals surface area contributed by atoms with E-state index >= 15 is 0 Å². The lowest BCUT2D eigenvalue weighted by Gasteiger charge is -2.17. The van der Waals surface area contributed by atoms with Crippen molar-refractivity contribution >= 4 is 27.1 Å². The maximum Gasteiger partial charge on any atom is 0.157 e. The van der Waals surface area contributed by atoms with Crippen LogP contribution >= 0.6 is 11.6 Å². The van der Waals surface area contributed by atoms with Crippen LogP contribution in [0.3, 0.4) is 0 Å². The molecule has 0 heterocycles. The average molecular weight is 276 g/mol. The quantitative estimate of drug-likeness (QED) is 0.860. The summed E-state index contributed by atoms with van der Waals surface area (Å²) in [6, 6.07) is 4.90. The van der Waals surface area contributed by atoms with Crippen LogP contribution in [0, 0.1) is 5.92 Å². The number of rotatable bonds is 4. The van der Waals surface area contributed by atoms with Gasteiger partial charge < -0.3 is 5.73 Å². The maximum atomic E-state index is 12.1. The minimum atomic E-state index is -3.19. The van der Waals surface area contributed by atoms with Gasteiger partial charge in [0.05, 0.1) is 11.0 Å². The molecule has 0 fully saturated rings. The SMILES string of the molecule is CC(C)C(C)S(=O)(=O)Cc1cc(N)ccc1Cl. The van der Waals surface area contributed by atoms with Crippen LogP contribution in [0.4, 0.5) is 5.69 Å². The summed E-state index contributed by atoms with van der Waals surface area (Å²) >= 11 is 5.97. The molecule has 0 saturated heterocycles. The number of hydrogen-bond donors (Lipinski definition) is 1. The zero-order chi connectivity index (χ0) is 13.2. The first kappa shape index (κ1) is 14.3. The Labute approximate surface area is 108 Å². The van der Waals surface area contributed by atoms with Gasteiger partial charge in [0.25, 0.3) is 0 Å². The Morgan fingerprint density at radius 3 is 2.41 bits per heavy atom. The van der Waals surface area contributed by atoms with Crippen LogP contribution in [0.1, 0.15) is 26.3 Å². The number of nitrogens with two attached hydrogens (primary N) is 1. The Morgan fingerprint density at radius 1 is 1.29 bits per heavy atom. The van der Waals surface area contributed by atoms with Gasteiger partial charge in [-0.1, -0.05) is 25.4 Å². The Kier molecular flexibility index (Phi) is 4.44. The monoisotopic (exact) mass is 275 g/mol. The topological polar surface area (TPSA) is 60.2 Å². The fourth-order valence-electron chi connectivity index (χ4n) is 1.47. The number of halogens is 1. The molecule has 0 amide bonds. The first-order chi connectivity index (χ1) is 7.74. The van der Waals surface area contributed by atoms with E-state index in [9.17, 15) is 8.42 Å². The molecule has 0 bridgehead atoms. The summed E-state index contributed by atoms with van der Waals surface area (Å²) in [5.74, 6) is 0.0239. The Hall–Kier alpha value is -0.740. The fraction of sp³-hybridized carbons (Fsp3) is 0.500. The molecule has 1 aromatic rings. The molecule has 1 aromatic carbocycles. The third kappa shape index (κ3) is 3.61. The largest absolute Gasteiger partial charge is 0.399 e. The van der Waals surface area contributed by atoms with E-state index in [0.717, 1.165) is 0 Å². The highest BCUT2D eigenvalue weighted by Gasteiger charge is 2.25. The average Bonchev–Trinajstić information content (AvgIpc) is 2.21. The van der Waals surface area contributed by atoms with E-state index < -0.39 is 9.84 Å². The van der Waals surface area contributed by atoms with Crippen molar-refractivity contribution in [1.29, 1.82) is 0 Å². The molecule has 1 rings (SSSR count). The Morgan fingerprint density at radius 2 is 1.88 bits per heavy atom. The summed E-state index contributed by atoms with van der Waals surface area (Å²) in [5.41, 5.74) is 6.72. The van der Waals surface area contributed by atoms with Gasteiger partial charge in [-0.05, 0) is 36.6 Å². The number of benzene rings is 1. The predicted molar refractivity (Wildman–Crippen MR) is 72.8 cm³/mol. The second kappa shape index (κ2) is 5.27. The van der Waals surface area contributed by atoms with Crippen molar-refractivity contribution in [2.24, 2.45) is 5.92 Å². The van der Waals surface area contributed by atoms with Crippen LogP contribution in [-0.2, 0) is 15.6 Å². The van der Waals surface area contributed by atoms with Crippen molar-refractivity contribution < 1.29 is 8.42 Å². The van der Waals surface area contributed by atoms with Gasteiger partial charge in [0.1, 0.15) is 0 Å². The second-order valence-electron chi connectivity index (χ2n) is 4.61. The molecule has 0 saturated carbocycles. The molecule has 0 radical (unpaired) electrons. The van der Waals surface area contributed by atoms with E-state index in [1.54, 1.807) is 25.1 Å². The van der Waals surface area contributed by atoms with Gasteiger partial charge in [-0.2, -0.15) is 0 Å². The summed E-state index contributed by atoms with van der Waals surface area (Å²) in [6.45, 7) is 5.51. The first-order valence-electron chi connectivity index (χ1n) is 5.49. The third-order valence-corrected chi connectivity index (χ3v) is 5.69. The molecular weight excluding hydrogens is 258 g/mol. The summed E-state index contributed by atoms with van der Waals surface area (Å²) in [6.07, 6.45) is 0. The Bertz CT molecular complexity index is 497. The van der Waals surface area contributed by atoms with Crippen LogP contribution in [0.5, 0.6) is 0 Å². The molecule has 2 N–H and O–H groups in total. The number of nitrogen functional groups attached to an aromatic ring is 1. The maximum absolute atomic E-state index is 12.1. The zero-order valence-electron chi connectivity index (χ0n) is 10.3. The van der Waals surface area contributed by atoms with Gasteiger partial charge in [-0.25, -0.2) is 8.42 Å². The van der Waals surface area contributed by atoms with E-state index in [0.29, 0.717) is 16.3 Å². The standard InChI is InChI=1S/C12H18ClNO2S/c1-8(2)9(3)17(15,16)7-10-6-11(14)4-5-12(10)13/h4-6,8-9H,7,14H2,1-3H3. The molecule has 5 heteroatoms. The van der Waals surface area contributed by atoms with Crippen LogP contribution in [0.15, 0.2) is 18.2 Å². The van der Waals surface area contributed by atoms with Crippen molar-refractivity contribution in [3.8, 4) is 0 Å². The second-order valence-corrected chi connectivity index (χ2v) is 7.37. The molecule has 0 aliphatic carbocycles. The van der Waals surface area contributed by atoms with E-state index in [4.69, 9.17) is 17.3 Å². The van der Waals surface area contributed by atoms with E-state index in [-0.39, 0.29) is 16.9 Å². The van der Waals surface area contributed by atoms with Crippen molar-refractivity contribution in [2.75, 3.05) is 5.73 Å². The minimum absolute atomic E-state index is 0.0593. The molecule has 17 heavy (non-hydrogen) atoms. The van der Waals surface area contributed by atoms with E-state index in [1.165, 1.54) is 0 Å². The highest BCUT2D eigenvalue weighted by molar-refractivity contribution is 7.91. The highest BCUT2D eigenvalue weighted by Crippen LogP contribution is 2.24. The van der Waals surface area contributed by atoms with Gasteiger partial charge in [0.2, 0.25) is 0 Å². The molecular formula is C12H18ClNO2S. The van der Waals surface area contributed by atoms with Gasteiger partial charge in [-0.3, -0.25) is 0 Å². The molecule has 0 aromatic heterocycles. The van der Waals surface area contributed by atoms with Crippen LogP contribution in [0.25, 0.3) is 0 Å². The van der Waals surface area contributed by atoms with Gasteiger partial charge in [0, 0.05) is 10.7 Å². The van der Waals surface area contributed by atoms with Crippen molar-refractivity contribution in [3.63, 3.8) is 0 Å². The minimum Gasteiger partial charge on any atom is -0.399 e. The van der Waals surface area contributed by atoms with Crippen LogP contribution < -0.4 is 5.73 Å². The molecule has 0 aliphatic heterocycles. The van der Waals surface area contributed by atoms with Crippen LogP contribution in [-0.4, -0.2) is 13.7 Å². The third-order valence-electron chi connectivity index (χ3n) is 2.93. The molecule has 0 spiro atoms. The summed E-state index contributed by atoms with van der Waals surface area (Å²) in [7, 11) is -3.19.